The highest BCUT2D eigenvalue weighted by Gasteiger charge is 2.48. The van der Waals surface area contributed by atoms with E-state index in [0.29, 0.717) is 0 Å². The Morgan fingerprint density at radius 2 is 0.793 bits per heavy atom. The summed E-state index contributed by atoms with van der Waals surface area (Å²) in [5.41, 5.74) is -1.48. The van der Waals surface area contributed by atoms with Gasteiger partial charge in [-0.15, -0.1) is 0 Å². The van der Waals surface area contributed by atoms with Crippen molar-refractivity contribution < 1.29 is 26.6 Å². The van der Waals surface area contributed by atoms with Crippen molar-refractivity contribution in [2.45, 2.75) is 124 Å². The molecule has 0 aliphatic carbocycles. The van der Waals surface area contributed by atoms with Gasteiger partial charge in [-0.05, 0) is 79.3 Å². The lowest BCUT2D eigenvalue weighted by atomic mass is 10.3. The van der Waals surface area contributed by atoms with Crippen LogP contribution in [0.3, 0.4) is 0 Å². The Kier molecular flexibility index (Phi) is 12.3. The molecule has 0 fully saturated rings. The van der Waals surface area contributed by atoms with E-state index in [9.17, 15) is 0 Å². The van der Waals surface area contributed by atoms with E-state index in [-0.39, 0.29) is 18.3 Å². The van der Waals surface area contributed by atoms with Crippen LogP contribution in [0.2, 0.25) is 39.3 Å². The molecule has 0 rings (SSSR count). The van der Waals surface area contributed by atoms with Crippen molar-refractivity contribution in [1.82, 2.24) is 0 Å². The lowest BCUT2D eigenvalue weighted by Gasteiger charge is -2.45. The first-order valence-corrected chi connectivity index (χ1v) is 19.8. The average molecular weight is 482 g/mol. The van der Waals surface area contributed by atoms with E-state index < -0.39 is 31.3 Å². The van der Waals surface area contributed by atoms with Crippen LogP contribution in [0.1, 0.15) is 60.8 Å². The van der Waals surface area contributed by atoms with Crippen molar-refractivity contribution in [3.8, 4) is 0 Å². The van der Waals surface area contributed by atoms with Crippen LogP contribution in [-0.2, 0) is 26.6 Å². The Morgan fingerprint density at radius 3 is 0.966 bits per heavy atom. The summed E-state index contributed by atoms with van der Waals surface area (Å²) in [5, 5.41) is 0. The Balaban J connectivity index is 5.66. The lowest BCUT2D eigenvalue weighted by molar-refractivity contribution is -0.228. The van der Waals surface area contributed by atoms with Crippen LogP contribution in [0.25, 0.3) is 0 Å². The van der Waals surface area contributed by atoms with Crippen molar-refractivity contribution in [3.05, 3.63) is 0 Å². The smallest absolute Gasteiger partial charge is 0.335 e. The minimum Gasteiger partial charge on any atom is -0.392 e. The Bertz CT molecular complexity index is 411. The minimum absolute atomic E-state index is 0.0934. The SMILES string of the molecule is CCC(C)O[Si](C)(C)OC([Si])(O[Si](C)(C)OC(C)CC)O[Si](C)(C)OC(C)CC. The highest BCUT2D eigenvalue weighted by Crippen LogP contribution is 2.30. The van der Waals surface area contributed by atoms with E-state index in [1.54, 1.807) is 0 Å². The van der Waals surface area contributed by atoms with Gasteiger partial charge in [0.25, 0.3) is 0 Å². The molecule has 29 heavy (non-hydrogen) atoms. The highest BCUT2D eigenvalue weighted by molar-refractivity contribution is 6.68. The van der Waals surface area contributed by atoms with Crippen molar-refractivity contribution >= 4 is 35.9 Å². The van der Waals surface area contributed by atoms with Crippen LogP contribution >= 0.6 is 0 Å². The van der Waals surface area contributed by atoms with Gasteiger partial charge in [0.1, 0.15) is 0 Å². The fourth-order valence-corrected chi connectivity index (χ4v) is 11.0. The van der Waals surface area contributed by atoms with Crippen LogP contribution in [0, 0.1) is 0 Å². The first-order valence-electron chi connectivity index (χ1n) is 10.9. The van der Waals surface area contributed by atoms with Gasteiger partial charge < -0.3 is 26.6 Å². The van der Waals surface area contributed by atoms with Gasteiger partial charge in [0.15, 0.2) is 10.2 Å². The molecule has 0 aliphatic rings. The normalized spacial score (nSPS) is 18.9. The molecule has 0 aromatic rings. The zero-order chi connectivity index (χ0) is 23.1. The zero-order valence-corrected chi connectivity index (χ0v) is 24.8. The van der Waals surface area contributed by atoms with Gasteiger partial charge in [-0.25, -0.2) is 0 Å². The van der Waals surface area contributed by atoms with E-state index in [2.05, 4.69) is 31.0 Å². The molecule has 10 heteroatoms. The molecule has 173 valence electrons. The predicted molar refractivity (Wildman–Crippen MR) is 127 cm³/mol. The van der Waals surface area contributed by atoms with Gasteiger partial charge in [0.2, 0.25) is 5.60 Å². The molecule has 0 aliphatic heterocycles. The molecule has 3 radical (unpaired) electrons. The van der Waals surface area contributed by atoms with Crippen molar-refractivity contribution in [1.29, 1.82) is 0 Å². The molecule has 0 aromatic carbocycles. The molecule has 0 saturated heterocycles. The lowest BCUT2D eigenvalue weighted by Crippen LogP contribution is -2.61. The van der Waals surface area contributed by atoms with E-state index in [1.807, 2.05) is 60.1 Å². The monoisotopic (exact) mass is 481 g/mol. The van der Waals surface area contributed by atoms with E-state index in [0.717, 1.165) is 19.3 Å². The van der Waals surface area contributed by atoms with Gasteiger partial charge >= 0.3 is 25.7 Å². The Hall–Kier alpha value is 0.628. The van der Waals surface area contributed by atoms with Gasteiger partial charge in [-0.2, -0.15) is 0 Å². The third-order valence-electron chi connectivity index (χ3n) is 4.32. The van der Waals surface area contributed by atoms with Crippen LogP contribution in [-0.4, -0.2) is 59.8 Å². The molecule has 0 N–H and O–H groups in total. The minimum atomic E-state index is -2.58. The predicted octanol–water partition coefficient (Wildman–Crippen LogP) is 5.37. The summed E-state index contributed by atoms with van der Waals surface area (Å²) in [6, 6.07) is 0. The number of hydrogen-bond donors (Lipinski definition) is 0. The summed E-state index contributed by atoms with van der Waals surface area (Å²) in [6.07, 6.45) is 3.00. The molecular weight excluding hydrogens is 437 g/mol. The summed E-state index contributed by atoms with van der Waals surface area (Å²) in [5.74, 6) is 0. The van der Waals surface area contributed by atoms with Crippen LogP contribution in [0.4, 0.5) is 0 Å². The first kappa shape index (κ1) is 29.6. The van der Waals surface area contributed by atoms with Crippen LogP contribution in [0.5, 0.6) is 0 Å². The molecule has 0 bridgehead atoms. The average Bonchev–Trinajstić information content (AvgIpc) is 2.50. The summed E-state index contributed by atoms with van der Waals surface area (Å²) in [4.78, 5) is 0. The summed E-state index contributed by atoms with van der Waals surface area (Å²) in [6.45, 7) is 24.4. The Labute approximate surface area is 186 Å². The standard InChI is InChI=1S/C19H45O6Si4/c1-13-16(4)20-27(7,8)23-19(26,24-28(9,10)21-17(5)14-2)25-29(11,12)22-18(6)15-3/h16-18H,13-15H2,1-12H3. The van der Waals surface area contributed by atoms with Crippen molar-refractivity contribution in [2.75, 3.05) is 0 Å². The second-order valence-electron chi connectivity index (χ2n) is 9.07. The molecule has 0 saturated carbocycles. The zero-order valence-electron chi connectivity index (χ0n) is 20.8. The largest absolute Gasteiger partial charge is 0.392 e. The number of hydrogen-bond acceptors (Lipinski definition) is 6. The van der Waals surface area contributed by atoms with Gasteiger partial charge in [0.05, 0.1) is 0 Å². The summed E-state index contributed by atoms with van der Waals surface area (Å²) < 4.78 is 37.8. The number of rotatable bonds is 15. The van der Waals surface area contributed by atoms with E-state index in [1.165, 1.54) is 0 Å². The molecule has 6 nitrogen and oxygen atoms in total. The fraction of sp³-hybridized carbons (Fsp3) is 1.00. The van der Waals surface area contributed by atoms with Crippen LogP contribution < -0.4 is 0 Å². The van der Waals surface area contributed by atoms with Gasteiger partial charge in [-0.1, -0.05) is 20.8 Å². The summed E-state index contributed by atoms with van der Waals surface area (Å²) in [7, 11) is -4.06. The maximum absolute atomic E-state index is 6.40. The molecule has 0 amide bonds. The molecule has 3 unspecified atom stereocenters. The molecule has 0 heterocycles. The third kappa shape index (κ3) is 12.9. The van der Waals surface area contributed by atoms with E-state index >= 15 is 0 Å². The molecule has 0 aromatic heterocycles. The maximum Gasteiger partial charge on any atom is 0.335 e. The van der Waals surface area contributed by atoms with Crippen molar-refractivity contribution in [3.63, 3.8) is 0 Å². The third-order valence-corrected chi connectivity index (χ3v) is 10.4. The Morgan fingerprint density at radius 1 is 0.586 bits per heavy atom. The maximum atomic E-state index is 6.40. The van der Waals surface area contributed by atoms with Gasteiger partial charge in [-0.3, -0.25) is 0 Å². The van der Waals surface area contributed by atoms with Gasteiger partial charge in [0, 0.05) is 18.3 Å². The van der Waals surface area contributed by atoms with E-state index in [4.69, 9.17) is 26.6 Å². The van der Waals surface area contributed by atoms with Crippen LogP contribution in [0.15, 0.2) is 0 Å². The molecular formula is C19H45O6Si4. The second-order valence-corrected chi connectivity index (χ2v) is 19.4. The first-order chi connectivity index (χ1) is 13.0. The molecule has 0 spiro atoms. The van der Waals surface area contributed by atoms with Crippen molar-refractivity contribution in [2.24, 2.45) is 0 Å². The fourth-order valence-electron chi connectivity index (χ4n) is 2.81. The summed E-state index contributed by atoms with van der Waals surface area (Å²) >= 11 is 0. The topological polar surface area (TPSA) is 55.4 Å². The quantitative estimate of drug-likeness (QED) is 0.232. The highest BCUT2D eigenvalue weighted by atomic mass is 28.4. The second kappa shape index (κ2) is 12.0. The molecule has 3 atom stereocenters.